The Morgan fingerprint density at radius 1 is 1.03 bits per heavy atom. The molecule has 0 saturated carbocycles. The second-order valence-electron chi connectivity index (χ2n) is 8.13. The van der Waals surface area contributed by atoms with E-state index in [9.17, 15) is 0 Å². The molecule has 0 amide bonds. The van der Waals surface area contributed by atoms with Crippen LogP contribution in [0.4, 0.5) is 11.4 Å². The van der Waals surface area contributed by atoms with Gasteiger partial charge in [-0.15, -0.1) is 24.0 Å². The summed E-state index contributed by atoms with van der Waals surface area (Å²) in [6, 6.07) is 14.5. The second-order valence-corrected chi connectivity index (χ2v) is 8.13. The minimum absolute atomic E-state index is 0. The van der Waals surface area contributed by atoms with Crippen molar-refractivity contribution >= 4 is 41.3 Å². The van der Waals surface area contributed by atoms with E-state index in [0.717, 1.165) is 62.8 Å². The second kappa shape index (κ2) is 12.2. The number of guanidine groups is 1. The van der Waals surface area contributed by atoms with E-state index in [2.05, 4.69) is 51.3 Å². The molecule has 1 saturated heterocycles. The lowest BCUT2D eigenvalue weighted by Crippen LogP contribution is -2.46. The molecule has 0 aromatic heterocycles. The zero-order valence-electron chi connectivity index (χ0n) is 18.8. The lowest BCUT2D eigenvalue weighted by Gasteiger charge is -2.36. The molecule has 2 aromatic rings. The van der Waals surface area contributed by atoms with Crippen LogP contribution in [0.1, 0.15) is 18.4 Å². The summed E-state index contributed by atoms with van der Waals surface area (Å²) in [4.78, 5) is 9.46. The van der Waals surface area contributed by atoms with Gasteiger partial charge in [-0.25, -0.2) is 0 Å². The first-order valence-electron chi connectivity index (χ1n) is 11.2. The molecule has 0 aliphatic carbocycles. The monoisotopic (exact) mass is 551 g/mol. The zero-order chi connectivity index (χ0) is 21.5. The van der Waals surface area contributed by atoms with E-state index < -0.39 is 0 Å². The minimum atomic E-state index is 0. The van der Waals surface area contributed by atoms with Crippen LogP contribution in [0.2, 0.25) is 0 Å². The van der Waals surface area contributed by atoms with Gasteiger partial charge in [-0.1, -0.05) is 12.1 Å². The molecular weight excluding hydrogens is 517 g/mol. The topological polar surface area (TPSA) is 75.4 Å². The maximum absolute atomic E-state index is 6.07. The Bertz CT molecular complexity index is 900. The highest BCUT2D eigenvalue weighted by atomic mass is 127. The molecule has 0 radical (unpaired) electrons. The fourth-order valence-electron chi connectivity index (χ4n) is 3.98. The maximum atomic E-state index is 6.07. The number of benzene rings is 2. The van der Waals surface area contributed by atoms with Crippen molar-refractivity contribution in [3.05, 3.63) is 48.0 Å². The number of aryl methyl sites for hydroxylation is 1. The van der Waals surface area contributed by atoms with Gasteiger partial charge in [-0.05, 0) is 43.2 Å². The van der Waals surface area contributed by atoms with E-state index in [4.69, 9.17) is 15.2 Å². The Balaban J connectivity index is 0.00000289. The van der Waals surface area contributed by atoms with Crippen LogP contribution in [-0.2, 0) is 0 Å². The number of halogens is 1. The molecule has 2 aromatic carbocycles. The Morgan fingerprint density at radius 2 is 1.81 bits per heavy atom. The minimum Gasteiger partial charge on any atom is -0.490 e. The number of anilines is 2. The number of hydrogen-bond donors (Lipinski definition) is 2. The van der Waals surface area contributed by atoms with Gasteiger partial charge in [0.1, 0.15) is 0 Å². The average Bonchev–Trinajstić information content (AvgIpc) is 3.02. The first-order valence-corrected chi connectivity index (χ1v) is 11.2. The predicted octanol–water partition coefficient (Wildman–Crippen LogP) is 3.71. The van der Waals surface area contributed by atoms with Gasteiger partial charge in [0.25, 0.3) is 0 Å². The molecule has 2 aliphatic heterocycles. The molecule has 1 fully saturated rings. The summed E-state index contributed by atoms with van der Waals surface area (Å²) in [5, 5.41) is 3.15. The molecule has 174 valence electrons. The molecule has 7 nitrogen and oxygen atoms in total. The Hall–Kier alpha value is -2.20. The number of nitrogens with one attached hydrogen (secondary N) is 1. The third-order valence-corrected chi connectivity index (χ3v) is 5.67. The van der Waals surface area contributed by atoms with Gasteiger partial charge in [0.05, 0.1) is 13.2 Å². The van der Waals surface area contributed by atoms with Gasteiger partial charge in [0.15, 0.2) is 17.5 Å². The fourth-order valence-corrected chi connectivity index (χ4v) is 3.98. The van der Waals surface area contributed by atoms with Crippen molar-refractivity contribution in [2.45, 2.75) is 19.8 Å². The highest BCUT2D eigenvalue weighted by Crippen LogP contribution is 2.32. The summed E-state index contributed by atoms with van der Waals surface area (Å²) >= 11 is 0. The number of aliphatic imine (C=N–C) groups is 1. The first kappa shape index (κ1) is 24.4. The average molecular weight is 551 g/mol. The highest BCUT2D eigenvalue weighted by molar-refractivity contribution is 14.0. The van der Waals surface area contributed by atoms with Crippen LogP contribution in [0.3, 0.4) is 0 Å². The van der Waals surface area contributed by atoms with Crippen molar-refractivity contribution in [3.63, 3.8) is 0 Å². The maximum Gasteiger partial charge on any atom is 0.193 e. The van der Waals surface area contributed by atoms with E-state index in [0.29, 0.717) is 25.7 Å². The van der Waals surface area contributed by atoms with Gasteiger partial charge in [0.2, 0.25) is 0 Å². The van der Waals surface area contributed by atoms with Gasteiger partial charge >= 0.3 is 0 Å². The number of rotatable bonds is 6. The predicted molar refractivity (Wildman–Crippen MR) is 142 cm³/mol. The van der Waals surface area contributed by atoms with E-state index in [1.54, 1.807) is 0 Å². The van der Waals surface area contributed by atoms with Crippen LogP contribution < -0.4 is 25.4 Å². The molecule has 0 atom stereocenters. The van der Waals surface area contributed by atoms with E-state index in [-0.39, 0.29) is 24.0 Å². The van der Waals surface area contributed by atoms with Crippen molar-refractivity contribution in [2.75, 3.05) is 62.7 Å². The van der Waals surface area contributed by atoms with Crippen molar-refractivity contribution in [1.29, 1.82) is 0 Å². The number of nitrogens with two attached hydrogens (primary N) is 1. The molecule has 0 unspecified atom stereocenters. The van der Waals surface area contributed by atoms with Crippen LogP contribution in [-0.4, -0.2) is 63.3 Å². The molecule has 2 heterocycles. The van der Waals surface area contributed by atoms with Gasteiger partial charge < -0.3 is 25.4 Å². The third kappa shape index (κ3) is 6.90. The number of fused-ring (bicyclic) bond motifs is 1. The smallest absolute Gasteiger partial charge is 0.193 e. The standard InChI is InChI=1S/C24H33N5O2.HI/c1-19-5-2-6-21(17-19)29-13-11-28(12-14-29)10-3-9-26-24(25)27-20-7-8-22-23(18-20)31-16-4-15-30-22;/h2,5-8,17-18H,3-4,9-16H2,1H3,(H3,25,26,27);1H. The van der Waals surface area contributed by atoms with E-state index in [1.807, 2.05) is 18.2 Å². The van der Waals surface area contributed by atoms with Gasteiger partial charge in [0, 0.05) is 63.1 Å². The van der Waals surface area contributed by atoms with Crippen molar-refractivity contribution in [1.82, 2.24) is 4.90 Å². The lowest BCUT2D eigenvalue weighted by atomic mass is 10.2. The number of piperazine rings is 1. The number of hydrogen-bond acceptors (Lipinski definition) is 5. The highest BCUT2D eigenvalue weighted by Gasteiger charge is 2.16. The summed E-state index contributed by atoms with van der Waals surface area (Å²) in [6.07, 6.45) is 1.88. The van der Waals surface area contributed by atoms with Crippen molar-refractivity contribution < 1.29 is 9.47 Å². The summed E-state index contributed by atoms with van der Waals surface area (Å²) in [5.74, 6) is 1.96. The SMILES string of the molecule is Cc1cccc(N2CCN(CCCN=C(N)Nc3ccc4c(c3)OCCCO4)CC2)c1.I. The molecule has 3 N–H and O–H groups in total. The van der Waals surface area contributed by atoms with Crippen LogP contribution >= 0.6 is 24.0 Å². The Labute approximate surface area is 208 Å². The lowest BCUT2D eigenvalue weighted by molar-refractivity contribution is 0.256. The third-order valence-electron chi connectivity index (χ3n) is 5.67. The van der Waals surface area contributed by atoms with E-state index in [1.165, 1.54) is 11.3 Å². The molecule has 2 aliphatic rings. The zero-order valence-corrected chi connectivity index (χ0v) is 21.1. The van der Waals surface area contributed by atoms with Crippen LogP contribution in [0.25, 0.3) is 0 Å². The molecule has 8 heteroatoms. The molecule has 0 spiro atoms. The van der Waals surface area contributed by atoms with Crippen LogP contribution in [0.15, 0.2) is 47.5 Å². The van der Waals surface area contributed by atoms with Crippen LogP contribution in [0.5, 0.6) is 11.5 Å². The fraction of sp³-hybridized carbons (Fsp3) is 0.458. The van der Waals surface area contributed by atoms with Gasteiger partial charge in [-0.3, -0.25) is 9.89 Å². The summed E-state index contributed by atoms with van der Waals surface area (Å²) in [6.45, 7) is 9.57. The first-order chi connectivity index (χ1) is 15.2. The molecule has 0 bridgehead atoms. The van der Waals surface area contributed by atoms with E-state index >= 15 is 0 Å². The summed E-state index contributed by atoms with van der Waals surface area (Å²) in [5.41, 5.74) is 9.58. The summed E-state index contributed by atoms with van der Waals surface area (Å²) < 4.78 is 11.4. The Kier molecular flexibility index (Phi) is 9.28. The van der Waals surface area contributed by atoms with Crippen molar-refractivity contribution in [2.24, 2.45) is 10.7 Å². The quantitative estimate of drug-likeness (QED) is 0.247. The van der Waals surface area contributed by atoms with Gasteiger partial charge in [-0.2, -0.15) is 0 Å². The molecule has 4 rings (SSSR count). The number of nitrogens with zero attached hydrogens (tertiary/aromatic N) is 3. The summed E-state index contributed by atoms with van der Waals surface area (Å²) in [7, 11) is 0. The number of ether oxygens (including phenoxy) is 2. The largest absolute Gasteiger partial charge is 0.490 e. The molecular formula is C24H34IN5O2. The normalized spacial score (nSPS) is 16.8. The van der Waals surface area contributed by atoms with Crippen LogP contribution in [0, 0.1) is 6.92 Å². The van der Waals surface area contributed by atoms with Crippen molar-refractivity contribution in [3.8, 4) is 11.5 Å². The Morgan fingerprint density at radius 3 is 2.59 bits per heavy atom. The molecule has 32 heavy (non-hydrogen) atoms.